The number of piperidine rings is 1. The summed E-state index contributed by atoms with van der Waals surface area (Å²) in [7, 11) is 0. The summed E-state index contributed by atoms with van der Waals surface area (Å²) in [5.74, 6) is 1.86. The van der Waals surface area contributed by atoms with E-state index in [0.717, 1.165) is 17.7 Å². The molecule has 3 rings (SSSR count). The van der Waals surface area contributed by atoms with E-state index < -0.39 is 0 Å². The SMILES string of the molecule is CC(C)Oc1ccc(C(CN)N2CC3CCC2C3)cc1. The average Bonchev–Trinajstić information content (AvgIpc) is 3.03. The Bertz CT molecular complexity index is 443. The van der Waals surface area contributed by atoms with E-state index in [4.69, 9.17) is 10.5 Å². The standard InChI is InChI=1S/C17H26N2O/c1-12(2)20-16-7-4-14(5-8-16)17(10-18)19-11-13-3-6-15(19)9-13/h4-5,7-8,12-13,15,17H,3,6,9-11,18H2,1-2H3. The van der Waals surface area contributed by atoms with Crippen molar-refractivity contribution >= 4 is 0 Å². The van der Waals surface area contributed by atoms with E-state index in [9.17, 15) is 0 Å². The predicted molar refractivity (Wildman–Crippen MR) is 81.8 cm³/mol. The zero-order valence-electron chi connectivity index (χ0n) is 12.6. The fraction of sp³-hybridized carbons (Fsp3) is 0.647. The minimum atomic E-state index is 0.223. The number of nitrogens with zero attached hydrogens (tertiary/aromatic N) is 1. The van der Waals surface area contributed by atoms with Gasteiger partial charge in [-0.2, -0.15) is 0 Å². The van der Waals surface area contributed by atoms with Crippen LogP contribution < -0.4 is 10.5 Å². The van der Waals surface area contributed by atoms with E-state index in [2.05, 4.69) is 43.0 Å². The second-order valence-corrected chi connectivity index (χ2v) is 6.52. The molecular weight excluding hydrogens is 248 g/mol. The zero-order valence-corrected chi connectivity index (χ0v) is 12.6. The van der Waals surface area contributed by atoms with E-state index in [1.54, 1.807) is 0 Å². The van der Waals surface area contributed by atoms with Crippen molar-refractivity contribution in [3.05, 3.63) is 29.8 Å². The maximum atomic E-state index is 6.06. The summed E-state index contributed by atoms with van der Waals surface area (Å²) < 4.78 is 5.71. The zero-order chi connectivity index (χ0) is 14.1. The minimum absolute atomic E-state index is 0.223. The molecule has 3 heteroatoms. The van der Waals surface area contributed by atoms with Gasteiger partial charge < -0.3 is 10.5 Å². The van der Waals surface area contributed by atoms with Crippen LogP contribution in [0, 0.1) is 5.92 Å². The molecule has 1 aromatic rings. The summed E-state index contributed by atoms with van der Waals surface area (Å²) in [6.45, 7) is 6.04. The molecular formula is C17H26N2O. The van der Waals surface area contributed by atoms with Crippen LogP contribution in [0.2, 0.25) is 0 Å². The van der Waals surface area contributed by atoms with Crippen molar-refractivity contribution in [2.24, 2.45) is 11.7 Å². The predicted octanol–water partition coefficient (Wildman–Crippen LogP) is 2.96. The molecule has 1 aliphatic carbocycles. The number of nitrogens with two attached hydrogens (primary N) is 1. The van der Waals surface area contributed by atoms with Crippen molar-refractivity contribution in [3.8, 4) is 5.75 Å². The van der Waals surface area contributed by atoms with Crippen LogP contribution in [0.15, 0.2) is 24.3 Å². The third kappa shape index (κ3) is 2.70. The van der Waals surface area contributed by atoms with Crippen LogP contribution in [0.4, 0.5) is 0 Å². The van der Waals surface area contributed by atoms with Crippen molar-refractivity contribution in [3.63, 3.8) is 0 Å². The molecule has 2 aliphatic rings. The molecule has 3 nitrogen and oxygen atoms in total. The first-order valence-corrected chi connectivity index (χ1v) is 7.89. The highest BCUT2D eigenvalue weighted by molar-refractivity contribution is 5.30. The molecule has 2 bridgehead atoms. The molecule has 0 amide bonds. The summed E-state index contributed by atoms with van der Waals surface area (Å²) in [6.07, 6.45) is 4.38. The van der Waals surface area contributed by atoms with Crippen molar-refractivity contribution in [1.29, 1.82) is 0 Å². The third-order valence-corrected chi connectivity index (χ3v) is 4.71. The van der Waals surface area contributed by atoms with Gasteiger partial charge in [-0.15, -0.1) is 0 Å². The minimum Gasteiger partial charge on any atom is -0.491 e. The summed E-state index contributed by atoms with van der Waals surface area (Å²) in [5, 5.41) is 0. The maximum Gasteiger partial charge on any atom is 0.119 e. The molecule has 1 aliphatic heterocycles. The van der Waals surface area contributed by atoms with E-state index >= 15 is 0 Å². The van der Waals surface area contributed by atoms with Crippen LogP contribution in [0.25, 0.3) is 0 Å². The van der Waals surface area contributed by atoms with Crippen molar-refractivity contribution < 1.29 is 4.74 Å². The first-order chi connectivity index (χ1) is 9.67. The van der Waals surface area contributed by atoms with Gasteiger partial charge in [-0.1, -0.05) is 12.1 Å². The number of ether oxygens (including phenoxy) is 1. The van der Waals surface area contributed by atoms with Crippen LogP contribution >= 0.6 is 0 Å². The van der Waals surface area contributed by atoms with Crippen LogP contribution in [0.3, 0.4) is 0 Å². The topological polar surface area (TPSA) is 38.5 Å². The normalized spacial score (nSPS) is 27.2. The Labute approximate surface area is 122 Å². The fourth-order valence-corrected chi connectivity index (χ4v) is 3.85. The van der Waals surface area contributed by atoms with Crippen LogP contribution in [-0.2, 0) is 0 Å². The third-order valence-electron chi connectivity index (χ3n) is 4.71. The molecule has 110 valence electrons. The first kappa shape index (κ1) is 13.9. The van der Waals surface area contributed by atoms with Gasteiger partial charge in [0.05, 0.1) is 6.10 Å². The second kappa shape index (κ2) is 5.74. The Morgan fingerprint density at radius 1 is 1.25 bits per heavy atom. The highest BCUT2D eigenvalue weighted by Crippen LogP contribution is 2.41. The van der Waals surface area contributed by atoms with Gasteiger partial charge in [0.1, 0.15) is 5.75 Å². The summed E-state index contributed by atoms with van der Waals surface area (Å²) in [6, 6.07) is 9.65. The molecule has 3 unspecified atom stereocenters. The van der Waals surface area contributed by atoms with Gasteiger partial charge in [0, 0.05) is 25.2 Å². The van der Waals surface area contributed by atoms with Gasteiger partial charge in [-0.3, -0.25) is 4.90 Å². The van der Waals surface area contributed by atoms with Crippen LogP contribution in [-0.4, -0.2) is 30.1 Å². The fourth-order valence-electron chi connectivity index (χ4n) is 3.85. The summed E-state index contributed by atoms with van der Waals surface area (Å²) >= 11 is 0. The van der Waals surface area contributed by atoms with Crippen LogP contribution in [0.1, 0.15) is 44.7 Å². The number of rotatable bonds is 5. The Morgan fingerprint density at radius 2 is 2.00 bits per heavy atom. The van der Waals surface area contributed by atoms with E-state index in [0.29, 0.717) is 12.6 Å². The monoisotopic (exact) mass is 274 g/mol. The largest absolute Gasteiger partial charge is 0.491 e. The van der Waals surface area contributed by atoms with Gasteiger partial charge in [-0.05, 0) is 56.7 Å². The number of hydrogen-bond acceptors (Lipinski definition) is 3. The molecule has 0 aromatic heterocycles. The highest BCUT2D eigenvalue weighted by atomic mass is 16.5. The maximum absolute atomic E-state index is 6.06. The summed E-state index contributed by atoms with van der Waals surface area (Å²) in [5.41, 5.74) is 7.39. The van der Waals surface area contributed by atoms with Gasteiger partial charge in [0.25, 0.3) is 0 Å². The molecule has 1 aromatic carbocycles. The van der Waals surface area contributed by atoms with E-state index in [-0.39, 0.29) is 6.10 Å². The second-order valence-electron chi connectivity index (χ2n) is 6.52. The molecule has 2 N–H and O–H groups in total. The Kier molecular flexibility index (Phi) is 3.99. The van der Waals surface area contributed by atoms with Crippen LogP contribution in [0.5, 0.6) is 5.75 Å². The molecule has 1 saturated heterocycles. The number of likely N-dealkylation sites (tertiary alicyclic amines) is 1. The number of fused-ring (bicyclic) bond motifs is 2. The molecule has 3 atom stereocenters. The lowest BCUT2D eigenvalue weighted by Crippen LogP contribution is -2.39. The van der Waals surface area contributed by atoms with Gasteiger partial charge in [0.2, 0.25) is 0 Å². The Balaban J connectivity index is 1.72. The van der Waals surface area contributed by atoms with E-state index in [1.165, 1.54) is 31.4 Å². The lowest BCUT2D eigenvalue weighted by molar-refractivity contribution is 0.153. The molecule has 20 heavy (non-hydrogen) atoms. The lowest BCUT2D eigenvalue weighted by atomic mass is 10.0. The Morgan fingerprint density at radius 3 is 2.50 bits per heavy atom. The van der Waals surface area contributed by atoms with Crippen molar-refractivity contribution in [1.82, 2.24) is 4.90 Å². The number of hydrogen-bond donors (Lipinski definition) is 1. The van der Waals surface area contributed by atoms with E-state index in [1.807, 2.05) is 0 Å². The van der Waals surface area contributed by atoms with Gasteiger partial charge >= 0.3 is 0 Å². The average molecular weight is 274 g/mol. The molecule has 0 radical (unpaired) electrons. The molecule has 2 fully saturated rings. The summed E-state index contributed by atoms with van der Waals surface area (Å²) in [4.78, 5) is 2.63. The van der Waals surface area contributed by atoms with Crippen molar-refractivity contribution in [2.45, 2.75) is 51.3 Å². The smallest absolute Gasteiger partial charge is 0.119 e. The lowest BCUT2D eigenvalue weighted by Gasteiger charge is -2.34. The molecule has 1 saturated carbocycles. The van der Waals surface area contributed by atoms with Gasteiger partial charge in [0.15, 0.2) is 0 Å². The molecule has 1 heterocycles. The Hall–Kier alpha value is -1.06. The van der Waals surface area contributed by atoms with Crippen molar-refractivity contribution in [2.75, 3.05) is 13.1 Å². The molecule has 0 spiro atoms. The quantitative estimate of drug-likeness (QED) is 0.897. The highest BCUT2D eigenvalue weighted by Gasteiger charge is 2.40. The first-order valence-electron chi connectivity index (χ1n) is 7.89. The number of benzene rings is 1. The van der Waals surface area contributed by atoms with Gasteiger partial charge in [-0.25, -0.2) is 0 Å².